The van der Waals surface area contributed by atoms with Gasteiger partial charge >= 0.3 is 0 Å². The molecular formula is C40H38O2. The van der Waals surface area contributed by atoms with Gasteiger partial charge in [-0.3, -0.25) is 0 Å². The van der Waals surface area contributed by atoms with Crippen molar-refractivity contribution in [2.75, 3.05) is 0 Å². The van der Waals surface area contributed by atoms with Crippen molar-refractivity contribution >= 4 is 43.9 Å². The Morgan fingerprint density at radius 1 is 0.429 bits per heavy atom. The van der Waals surface area contributed by atoms with Gasteiger partial charge < -0.3 is 8.83 Å². The maximum atomic E-state index is 6.92. The standard InChI is InChI=1S/C40H38O2/c1-3-31-37-35-27(1)11-29(39-15-21-5-22(16-39)7-23(6-21)17-39)13-33(35)42-32-4-2-28-12-30(14-34(41-31)36(28)38(32)37)40-18-24-8-25(19-40)10-26(9-24)20-40/h1-4,11-14,21-26H,5-10,15-20H2. The normalized spacial score (nSPS) is 38.5. The van der Waals surface area contributed by atoms with Gasteiger partial charge in [0.25, 0.3) is 0 Å². The van der Waals surface area contributed by atoms with Crippen molar-refractivity contribution in [3.8, 4) is 11.1 Å². The summed E-state index contributed by atoms with van der Waals surface area (Å²) in [6.07, 6.45) is 17.2. The molecule has 2 nitrogen and oxygen atoms in total. The van der Waals surface area contributed by atoms with E-state index in [1.807, 2.05) is 0 Å². The van der Waals surface area contributed by atoms with Crippen molar-refractivity contribution in [3.63, 3.8) is 0 Å². The molecule has 0 N–H and O–H groups in total. The molecule has 0 saturated heterocycles. The molecular weight excluding hydrogens is 512 g/mol. The fraction of sp³-hybridized carbons (Fsp3) is 0.500. The molecule has 8 aliphatic carbocycles. The summed E-state index contributed by atoms with van der Waals surface area (Å²) in [5, 5.41) is 5.18. The fourth-order valence-corrected chi connectivity index (χ4v) is 13.4. The lowest BCUT2D eigenvalue weighted by atomic mass is 9.48. The van der Waals surface area contributed by atoms with E-state index in [1.54, 1.807) is 11.1 Å². The Morgan fingerprint density at radius 2 is 0.786 bits per heavy atom. The van der Waals surface area contributed by atoms with E-state index in [2.05, 4.69) is 48.5 Å². The van der Waals surface area contributed by atoms with Crippen molar-refractivity contribution in [3.05, 3.63) is 59.7 Å². The molecule has 2 aliphatic heterocycles. The maximum absolute atomic E-state index is 6.92. The predicted octanol–water partition coefficient (Wildman–Crippen LogP) is 11.0. The highest BCUT2D eigenvalue weighted by molar-refractivity contribution is 6.23. The molecule has 2 heteroatoms. The molecule has 0 radical (unpaired) electrons. The second-order valence-corrected chi connectivity index (χ2v) is 16.6. The minimum Gasteiger partial charge on any atom is -0.456 e. The quantitative estimate of drug-likeness (QED) is 0.158. The summed E-state index contributed by atoms with van der Waals surface area (Å²) in [5.41, 5.74) is 10.5. The van der Waals surface area contributed by atoms with Gasteiger partial charge in [0.1, 0.15) is 22.3 Å². The summed E-state index contributed by atoms with van der Waals surface area (Å²) in [5.74, 6) is 5.64. The van der Waals surface area contributed by atoms with Gasteiger partial charge in [0.15, 0.2) is 0 Å². The molecule has 2 heterocycles. The van der Waals surface area contributed by atoms with Crippen LogP contribution in [0.4, 0.5) is 0 Å². The summed E-state index contributed by atoms with van der Waals surface area (Å²) in [4.78, 5) is 0. The molecule has 210 valence electrons. The molecule has 0 aromatic heterocycles. The van der Waals surface area contributed by atoms with Crippen LogP contribution < -0.4 is 0 Å². The molecule has 0 unspecified atom stereocenters. The van der Waals surface area contributed by atoms with Crippen LogP contribution in [0, 0.1) is 35.5 Å². The first-order valence-corrected chi connectivity index (χ1v) is 17.2. The summed E-state index contributed by atoms with van der Waals surface area (Å²) >= 11 is 0. The van der Waals surface area contributed by atoms with Gasteiger partial charge in [0.2, 0.25) is 0 Å². The predicted molar refractivity (Wildman–Crippen MR) is 169 cm³/mol. The van der Waals surface area contributed by atoms with Crippen molar-refractivity contribution in [2.45, 2.75) is 87.9 Å². The first kappa shape index (κ1) is 22.5. The Morgan fingerprint density at radius 3 is 1.14 bits per heavy atom. The molecule has 0 spiro atoms. The van der Waals surface area contributed by atoms with Gasteiger partial charge in [-0.25, -0.2) is 0 Å². The molecule has 8 fully saturated rings. The van der Waals surface area contributed by atoms with E-state index in [-0.39, 0.29) is 0 Å². The number of rotatable bonds is 2. The third-order valence-corrected chi connectivity index (χ3v) is 14.1. The molecule has 8 saturated carbocycles. The van der Waals surface area contributed by atoms with Crippen LogP contribution in [0.3, 0.4) is 0 Å². The van der Waals surface area contributed by atoms with Crippen molar-refractivity contribution in [1.29, 1.82) is 0 Å². The minimum atomic E-state index is 0.361. The van der Waals surface area contributed by atoms with Gasteiger partial charge in [-0.05, 0) is 170 Å². The third kappa shape index (κ3) is 2.71. The minimum absolute atomic E-state index is 0.361. The first-order chi connectivity index (χ1) is 20.6. The zero-order valence-corrected chi connectivity index (χ0v) is 24.4. The number of hydrogen-bond donors (Lipinski definition) is 0. The average molecular weight is 551 g/mol. The van der Waals surface area contributed by atoms with E-state index in [0.717, 1.165) is 57.8 Å². The zero-order chi connectivity index (χ0) is 26.9. The summed E-state index contributed by atoms with van der Waals surface area (Å²) in [6, 6.07) is 19.2. The highest BCUT2D eigenvalue weighted by Crippen LogP contribution is 2.63. The van der Waals surface area contributed by atoms with Crippen LogP contribution in [0.25, 0.3) is 55.0 Å². The van der Waals surface area contributed by atoms with E-state index in [4.69, 9.17) is 8.83 Å². The highest BCUT2D eigenvalue weighted by atomic mass is 16.3. The molecule has 14 rings (SSSR count). The van der Waals surface area contributed by atoms with Crippen LogP contribution in [-0.2, 0) is 10.8 Å². The number of hydrogen-bond acceptors (Lipinski definition) is 2. The van der Waals surface area contributed by atoms with Crippen LogP contribution in [0.2, 0.25) is 0 Å². The fourth-order valence-electron chi connectivity index (χ4n) is 13.4. The van der Waals surface area contributed by atoms with E-state index < -0.39 is 0 Å². The Hall–Kier alpha value is -3.00. The lowest BCUT2D eigenvalue weighted by Gasteiger charge is -2.57. The first-order valence-electron chi connectivity index (χ1n) is 17.2. The van der Waals surface area contributed by atoms with E-state index in [9.17, 15) is 0 Å². The second kappa shape index (κ2) is 7.20. The SMILES string of the molecule is c1cc2cc(C34CC5CC(CC(C5)C3)C4)cc3oc4ccc5cc(C67CC8CC(CC(C8)C6)C7)cc6oc1c(c23)-c4c56. The van der Waals surface area contributed by atoms with Gasteiger partial charge in [-0.1, -0.05) is 24.3 Å². The van der Waals surface area contributed by atoms with E-state index in [0.29, 0.717) is 10.8 Å². The lowest BCUT2D eigenvalue weighted by molar-refractivity contribution is -0.00523. The highest BCUT2D eigenvalue weighted by Gasteiger charge is 2.53. The Labute approximate surface area is 246 Å². The van der Waals surface area contributed by atoms with Gasteiger partial charge in [-0.2, -0.15) is 0 Å². The van der Waals surface area contributed by atoms with Crippen LogP contribution >= 0.6 is 0 Å². The molecule has 42 heavy (non-hydrogen) atoms. The van der Waals surface area contributed by atoms with Crippen molar-refractivity contribution in [1.82, 2.24) is 0 Å². The van der Waals surface area contributed by atoms with Crippen LogP contribution in [0.5, 0.6) is 0 Å². The Balaban J connectivity index is 1.08. The van der Waals surface area contributed by atoms with Crippen LogP contribution in [-0.4, -0.2) is 0 Å². The smallest absolute Gasteiger partial charge is 0.136 e. The average Bonchev–Trinajstić information content (AvgIpc) is 2.96. The molecule has 0 amide bonds. The molecule has 4 aromatic rings. The zero-order valence-electron chi connectivity index (χ0n) is 24.4. The van der Waals surface area contributed by atoms with Gasteiger partial charge in [-0.15, -0.1) is 0 Å². The molecule has 4 aromatic carbocycles. The second-order valence-electron chi connectivity index (χ2n) is 16.6. The van der Waals surface area contributed by atoms with Crippen molar-refractivity contribution in [2.24, 2.45) is 35.5 Å². The summed E-state index contributed by atoms with van der Waals surface area (Å²) < 4.78 is 13.8. The molecule has 8 bridgehead atoms. The Kier molecular flexibility index (Phi) is 3.86. The van der Waals surface area contributed by atoms with Crippen molar-refractivity contribution < 1.29 is 8.83 Å². The number of benzene rings is 4. The summed E-state index contributed by atoms with van der Waals surface area (Å²) in [6.45, 7) is 0. The summed E-state index contributed by atoms with van der Waals surface area (Å²) in [7, 11) is 0. The van der Waals surface area contributed by atoms with Crippen LogP contribution in [0.15, 0.2) is 57.4 Å². The molecule has 0 atom stereocenters. The topological polar surface area (TPSA) is 26.3 Å². The molecule has 10 aliphatic rings. The van der Waals surface area contributed by atoms with E-state index in [1.165, 1.54) is 110 Å². The van der Waals surface area contributed by atoms with Gasteiger partial charge in [0, 0.05) is 21.9 Å². The third-order valence-electron chi connectivity index (χ3n) is 14.1. The Bertz CT molecular complexity index is 1850. The maximum Gasteiger partial charge on any atom is 0.136 e. The van der Waals surface area contributed by atoms with Crippen LogP contribution in [0.1, 0.15) is 88.2 Å². The van der Waals surface area contributed by atoms with E-state index >= 15 is 0 Å². The largest absolute Gasteiger partial charge is 0.456 e. The monoisotopic (exact) mass is 550 g/mol. The lowest BCUT2D eigenvalue weighted by Crippen LogP contribution is -2.48. The van der Waals surface area contributed by atoms with Gasteiger partial charge in [0.05, 0.1) is 0 Å².